The number of nitrogens with zero attached hydrogens (tertiary/aromatic N) is 1. The van der Waals surface area contributed by atoms with Crippen LogP contribution in [0.25, 0.3) is 0 Å². The van der Waals surface area contributed by atoms with Crippen molar-refractivity contribution in [3.05, 3.63) is 51.6 Å². The summed E-state index contributed by atoms with van der Waals surface area (Å²) in [5.41, 5.74) is -3.27. The number of carbonyl (C=O) groups excluding carboxylic acids is 4. The summed E-state index contributed by atoms with van der Waals surface area (Å²) in [5, 5.41) is 51.5. The monoisotopic (exact) mass is 639 g/mol. The number of amides is 2. The van der Waals surface area contributed by atoms with Crippen LogP contribution in [-0.2, 0) is 20.7 Å². The molecule has 14 heteroatoms. The number of aliphatic hydroxyl groups excluding tert-OH is 1. The third-order valence-electron chi connectivity index (χ3n) is 9.47. The van der Waals surface area contributed by atoms with Crippen molar-refractivity contribution in [2.45, 2.75) is 69.4 Å². The number of hydrogen-bond donors (Lipinski definition) is 6. The van der Waals surface area contributed by atoms with Gasteiger partial charge in [-0.25, -0.2) is 4.79 Å². The number of carbonyl (C=O) groups is 4. The average Bonchev–Trinajstić information content (AvgIpc) is 3.03. The molecule has 2 fully saturated rings. The van der Waals surface area contributed by atoms with Crippen molar-refractivity contribution in [3.8, 4) is 17.2 Å². The van der Waals surface area contributed by atoms with Crippen LogP contribution in [-0.4, -0.2) is 112 Å². The Hall–Kier alpha value is -4.08. The van der Waals surface area contributed by atoms with Crippen LogP contribution >= 0.6 is 0 Å². The number of hydrogen-bond acceptors (Lipinski definition) is 12. The Morgan fingerprint density at radius 2 is 1.78 bits per heavy atom. The second-order valence-corrected chi connectivity index (χ2v) is 12.3. The summed E-state index contributed by atoms with van der Waals surface area (Å²) in [6.07, 6.45) is -5.19. The van der Waals surface area contributed by atoms with Crippen molar-refractivity contribution in [3.63, 3.8) is 0 Å². The number of benzene rings is 2. The molecule has 0 aromatic heterocycles. The lowest BCUT2D eigenvalue weighted by molar-refractivity contribution is -0.248. The maximum Gasteiger partial charge on any atom is 0.317 e. The Morgan fingerprint density at radius 1 is 1.09 bits per heavy atom. The fourth-order valence-electron chi connectivity index (χ4n) is 6.89. The molecule has 4 unspecified atom stereocenters. The molecule has 2 aliphatic carbocycles. The first-order valence-corrected chi connectivity index (χ1v) is 15.2. The van der Waals surface area contributed by atoms with E-state index in [2.05, 4.69) is 10.6 Å². The van der Waals surface area contributed by atoms with Gasteiger partial charge in [0, 0.05) is 62.1 Å². The van der Waals surface area contributed by atoms with Gasteiger partial charge in [0.05, 0.1) is 42.0 Å². The molecule has 0 spiro atoms. The number of phenols is 2. The summed E-state index contributed by atoms with van der Waals surface area (Å²) in [7, 11) is 1.33. The zero-order valence-corrected chi connectivity index (χ0v) is 25.7. The molecule has 0 radical (unpaired) electrons. The molecular formula is C32H37N3O11. The van der Waals surface area contributed by atoms with Crippen molar-refractivity contribution in [1.29, 1.82) is 0 Å². The van der Waals surface area contributed by atoms with E-state index >= 15 is 0 Å². The van der Waals surface area contributed by atoms with Gasteiger partial charge in [-0.2, -0.15) is 0 Å². The number of aromatic hydroxyl groups is 2. The zero-order valence-electron chi connectivity index (χ0n) is 25.7. The summed E-state index contributed by atoms with van der Waals surface area (Å²) in [4.78, 5) is 54.8. The summed E-state index contributed by atoms with van der Waals surface area (Å²) in [5.74, 6) is -3.33. The lowest BCUT2D eigenvalue weighted by atomic mass is 9.72. The van der Waals surface area contributed by atoms with Gasteiger partial charge in [-0.3, -0.25) is 14.4 Å². The molecule has 2 aromatic carbocycles. The van der Waals surface area contributed by atoms with E-state index in [1.807, 2.05) is 0 Å². The Labute approximate surface area is 264 Å². The van der Waals surface area contributed by atoms with E-state index in [9.17, 15) is 39.6 Å². The Bertz CT molecular complexity index is 1620. The summed E-state index contributed by atoms with van der Waals surface area (Å²) in [6, 6.07) is 3.27. The first kappa shape index (κ1) is 31.9. The molecule has 14 nitrogen and oxygen atoms in total. The van der Waals surface area contributed by atoms with E-state index in [0.29, 0.717) is 26.2 Å². The second kappa shape index (κ2) is 11.9. The fourth-order valence-corrected chi connectivity index (χ4v) is 6.89. The third kappa shape index (κ3) is 5.19. The van der Waals surface area contributed by atoms with Crippen molar-refractivity contribution < 1.29 is 53.8 Å². The van der Waals surface area contributed by atoms with Gasteiger partial charge in [0.1, 0.15) is 29.0 Å². The maximum atomic E-state index is 13.8. The van der Waals surface area contributed by atoms with Gasteiger partial charge in [-0.15, -0.1) is 0 Å². The highest BCUT2D eigenvalue weighted by Crippen LogP contribution is 2.52. The van der Waals surface area contributed by atoms with Crippen LogP contribution < -0.4 is 15.4 Å². The van der Waals surface area contributed by atoms with Crippen LogP contribution in [0.5, 0.6) is 17.2 Å². The number of rotatable bonds is 5. The van der Waals surface area contributed by atoms with Crippen LogP contribution in [0, 0.1) is 0 Å². The average molecular weight is 640 g/mol. The van der Waals surface area contributed by atoms with Crippen LogP contribution in [0.1, 0.15) is 75.8 Å². The Morgan fingerprint density at radius 3 is 2.46 bits per heavy atom. The lowest BCUT2D eigenvalue weighted by Gasteiger charge is -2.43. The van der Waals surface area contributed by atoms with E-state index < -0.39 is 82.6 Å². The topological polar surface area (TPSA) is 204 Å². The van der Waals surface area contributed by atoms with Crippen molar-refractivity contribution >= 4 is 23.4 Å². The van der Waals surface area contributed by atoms with Gasteiger partial charge in [-0.1, -0.05) is 12.1 Å². The zero-order chi connectivity index (χ0) is 33.1. The van der Waals surface area contributed by atoms with Crippen molar-refractivity contribution in [2.75, 3.05) is 33.3 Å². The number of aliphatic hydroxyl groups is 2. The lowest BCUT2D eigenvalue weighted by Crippen LogP contribution is -2.59. The number of urea groups is 1. The smallest absolute Gasteiger partial charge is 0.317 e. The summed E-state index contributed by atoms with van der Waals surface area (Å²) in [6.45, 7) is 5.03. The number of Topliss-reactive ketones (excluding diaryl/α,β-unsaturated/α-hetero) is 1. The quantitative estimate of drug-likeness (QED) is 0.214. The van der Waals surface area contributed by atoms with E-state index in [4.69, 9.17) is 14.2 Å². The highest BCUT2D eigenvalue weighted by Gasteiger charge is 2.49. The number of piperazine rings is 1. The maximum absolute atomic E-state index is 13.8. The highest BCUT2D eigenvalue weighted by atomic mass is 16.7. The summed E-state index contributed by atoms with van der Waals surface area (Å²) < 4.78 is 17.5. The largest absolute Gasteiger partial charge is 0.507 e. The number of ketones is 3. The molecule has 2 aliphatic heterocycles. The van der Waals surface area contributed by atoms with Gasteiger partial charge < -0.3 is 50.2 Å². The SMILES string of the molecule is COc1cccc2c1C(=O)c1c(O)c3c(c(O)c1C2=O)C[C@@](O)(C(C)=O)C[C@@H]3OC1CC(NC(=O)N2CCNCC2)C(O)C(C)O1. The first-order valence-electron chi connectivity index (χ1n) is 15.2. The predicted molar refractivity (Wildman–Crippen MR) is 159 cm³/mol. The highest BCUT2D eigenvalue weighted by molar-refractivity contribution is 6.31. The minimum atomic E-state index is -2.06. The van der Waals surface area contributed by atoms with Crippen LogP contribution in [0.3, 0.4) is 0 Å². The molecule has 6 atom stereocenters. The van der Waals surface area contributed by atoms with Gasteiger partial charge in [0.15, 0.2) is 17.9 Å². The van der Waals surface area contributed by atoms with Crippen LogP contribution in [0.4, 0.5) is 4.79 Å². The molecule has 4 aliphatic rings. The van der Waals surface area contributed by atoms with Gasteiger partial charge in [0.2, 0.25) is 5.78 Å². The van der Waals surface area contributed by atoms with Gasteiger partial charge in [-0.05, 0) is 19.9 Å². The normalized spacial score (nSPS) is 29.0. The third-order valence-corrected chi connectivity index (χ3v) is 9.47. The number of ether oxygens (including phenoxy) is 3. The second-order valence-electron chi connectivity index (χ2n) is 12.3. The molecule has 2 amide bonds. The summed E-state index contributed by atoms with van der Waals surface area (Å²) >= 11 is 0. The van der Waals surface area contributed by atoms with E-state index in [-0.39, 0.29) is 46.9 Å². The Balaban J connectivity index is 1.38. The van der Waals surface area contributed by atoms with Crippen molar-refractivity contribution in [1.82, 2.24) is 15.5 Å². The Kier molecular flexibility index (Phi) is 8.27. The molecule has 46 heavy (non-hydrogen) atoms. The van der Waals surface area contributed by atoms with E-state index in [0.717, 1.165) is 0 Å². The molecule has 246 valence electrons. The molecule has 2 saturated heterocycles. The van der Waals surface area contributed by atoms with Gasteiger partial charge in [0.25, 0.3) is 0 Å². The molecule has 0 saturated carbocycles. The molecule has 2 heterocycles. The first-order chi connectivity index (χ1) is 21.9. The number of fused-ring (bicyclic) bond motifs is 3. The van der Waals surface area contributed by atoms with Crippen LogP contribution in [0.2, 0.25) is 0 Å². The predicted octanol–water partition coefficient (Wildman–Crippen LogP) is 0.685. The minimum Gasteiger partial charge on any atom is -0.507 e. The molecular weight excluding hydrogens is 602 g/mol. The fraction of sp³-hybridized carbons (Fsp3) is 0.500. The van der Waals surface area contributed by atoms with E-state index in [1.54, 1.807) is 11.8 Å². The number of nitrogens with one attached hydrogen (secondary N) is 2. The number of methoxy groups -OCH3 is 1. The standard InChI is InChI=1S/C32H37N3O11/c1-14-26(37)18(34-31(42)35-9-7-33-8-10-35)11-21(45-14)46-20-13-32(43,15(2)36)12-17-23(20)30(41)25-24(28(17)39)27(38)16-5-4-6-19(44-3)22(16)29(25)40/h4-6,14,18,20-21,26,33,37,39,41,43H,7-13H2,1-3H3,(H,34,42)/t14?,18?,20-,21?,26?,32-/m0/s1. The molecule has 6 rings (SSSR count). The van der Waals surface area contributed by atoms with Crippen LogP contribution in [0.15, 0.2) is 18.2 Å². The van der Waals surface area contributed by atoms with Gasteiger partial charge >= 0.3 is 6.03 Å². The molecule has 6 N–H and O–H groups in total. The number of phenolic OH excluding ortho intramolecular Hbond substituents is 2. The minimum absolute atomic E-state index is 0.0333. The molecule has 2 aromatic rings. The van der Waals surface area contributed by atoms with E-state index in [1.165, 1.54) is 32.2 Å². The van der Waals surface area contributed by atoms with Crippen molar-refractivity contribution in [2.24, 2.45) is 0 Å². The molecule has 0 bridgehead atoms.